The Morgan fingerprint density at radius 2 is 1.88 bits per heavy atom. The third kappa shape index (κ3) is 2.78. The van der Waals surface area contributed by atoms with E-state index in [-0.39, 0.29) is 5.92 Å². The van der Waals surface area contributed by atoms with E-state index in [9.17, 15) is 4.79 Å². The predicted molar refractivity (Wildman–Crippen MR) is 66.3 cm³/mol. The third-order valence-electron chi connectivity index (χ3n) is 2.75. The standard InChI is InChI=1S/C13H17NO3/c1-8(9(2)13(14)15)10-5-6-11(16-3)12(7-10)17-4/h5-8H,2H2,1,3-4H3,(H2,14,15). The molecular formula is C13H17NO3. The zero-order valence-electron chi connectivity index (χ0n) is 10.3. The van der Waals surface area contributed by atoms with Crippen LogP contribution in [-0.4, -0.2) is 20.1 Å². The van der Waals surface area contributed by atoms with Crippen LogP contribution in [0.4, 0.5) is 0 Å². The number of ether oxygens (including phenoxy) is 2. The minimum absolute atomic E-state index is 0.146. The van der Waals surface area contributed by atoms with Gasteiger partial charge in [0.2, 0.25) is 5.91 Å². The molecule has 1 aromatic carbocycles. The van der Waals surface area contributed by atoms with Crippen LogP contribution in [0.1, 0.15) is 18.4 Å². The zero-order valence-corrected chi connectivity index (χ0v) is 10.3. The molecule has 0 spiro atoms. The van der Waals surface area contributed by atoms with Crippen LogP contribution >= 0.6 is 0 Å². The average molecular weight is 235 g/mol. The summed E-state index contributed by atoms with van der Waals surface area (Å²) in [5.74, 6) is 0.627. The van der Waals surface area contributed by atoms with Gasteiger partial charge in [-0.25, -0.2) is 0 Å². The van der Waals surface area contributed by atoms with Crippen molar-refractivity contribution in [2.75, 3.05) is 14.2 Å². The van der Waals surface area contributed by atoms with Gasteiger partial charge in [0.25, 0.3) is 0 Å². The van der Waals surface area contributed by atoms with E-state index in [4.69, 9.17) is 15.2 Å². The molecule has 0 saturated carbocycles. The summed E-state index contributed by atoms with van der Waals surface area (Å²) in [6.45, 7) is 5.55. The van der Waals surface area contributed by atoms with E-state index in [0.717, 1.165) is 5.56 Å². The predicted octanol–water partition coefficient (Wildman–Crippen LogP) is 1.85. The van der Waals surface area contributed by atoms with E-state index in [2.05, 4.69) is 6.58 Å². The SMILES string of the molecule is C=C(C(N)=O)C(C)c1ccc(OC)c(OC)c1. The quantitative estimate of drug-likeness (QED) is 0.792. The summed E-state index contributed by atoms with van der Waals surface area (Å²) in [5.41, 5.74) is 6.49. The van der Waals surface area contributed by atoms with Crippen LogP contribution in [0.15, 0.2) is 30.4 Å². The zero-order chi connectivity index (χ0) is 13.0. The molecule has 0 bridgehead atoms. The molecule has 0 heterocycles. The summed E-state index contributed by atoms with van der Waals surface area (Å²) < 4.78 is 10.3. The summed E-state index contributed by atoms with van der Waals surface area (Å²) in [4.78, 5) is 11.1. The van der Waals surface area contributed by atoms with Gasteiger partial charge in [0, 0.05) is 11.5 Å². The molecule has 0 aromatic heterocycles. The number of amides is 1. The maximum Gasteiger partial charge on any atom is 0.244 e. The van der Waals surface area contributed by atoms with E-state index in [1.165, 1.54) is 0 Å². The molecule has 0 saturated heterocycles. The van der Waals surface area contributed by atoms with Crippen molar-refractivity contribution >= 4 is 5.91 Å². The van der Waals surface area contributed by atoms with Crippen molar-refractivity contribution in [1.82, 2.24) is 0 Å². The number of benzene rings is 1. The number of methoxy groups -OCH3 is 2. The molecule has 1 aromatic rings. The van der Waals surface area contributed by atoms with E-state index < -0.39 is 5.91 Å². The molecule has 4 heteroatoms. The van der Waals surface area contributed by atoms with Crippen molar-refractivity contribution < 1.29 is 14.3 Å². The highest BCUT2D eigenvalue weighted by atomic mass is 16.5. The highest BCUT2D eigenvalue weighted by Crippen LogP contribution is 2.32. The number of rotatable bonds is 5. The smallest absolute Gasteiger partial charge is 0.244 e. The van der Waals surface area contributed by atoms with Gasteiger partial charge in [0.15, 0.2) is 11.5 Å². The lowest BCUT2D eigenvalue weighted by Crippen LogP contribution is -2.17. The lowest BCUT2D eigenvalue weighted by atomic mass is 9.93. The number of nitrogens with two attached hydrogens (primary N) is 1. The van der Waals surface area contributed by atoms with Crippen LogP contribution < -0.4 is 15.2 Å². The fraction of sp³-hybridized carbons (Fsp3) is 0.308. The second-order valence-electron chi connectivity index (χ2n) is 3.73. The topological polar surface area (TPSA) is 61.6 Å². The van der Waals surface area contributed by atoms with Crippen LogP contribution in [-0.2, 0) is 4.79 Å². The summed E-state index contributed by atoms with van der Waals surface area (Å²) in [5, 5.41) is 0. The molecule has 4 nitrogen and oxygen atoms in total. The molecule has 17 heavy (non-hydrogen) atoms. The summed E-state index contributed by atoms with van der Waals surface area (Å²) in [6.07, 6.45) is 0. The molecule has 0 aliphatic rings. The highest BCUT2D eigenvalue weighted by Gasteiger charge is 2.16. The van der Waals surface area contributed by atoms with Crippen LogP contribution in [0.3, 0.4) is 0 Å². The molecule has 0 fully saturated rings. The van der Waals surface area contributed by atoms with Crippen LogP contribution in [0.2, 0.25) is 0 Å². The molecule has 92 valence electrons. The van der Waals surface area contributed by atoms with Crippen molar-refractivity contribution in [3.63, 3.8) is 0 Å². The second kappa shape index (κ2) is 5.39. The Kier molecular flexibility index (Phi) is 4.15. The molecule has 2 N–H and O–H groups in total. The minimum atomic E-state index is -0.493. The fourth-order valence-corrected chi connectivity index (χ4v) is 1.54. The number of hydrogen-bond acceptors (Lipinski definition) is 3. The molecule has 1 atom stereocenters. The Balaban J connectivity index is 3.07. The van der Waals surface area contributed by atoms with Crippen LogP contribution in [0, 0.1) is 0 Å². The molecule has 1 unspecified atom stereocenters. The highest BCUT2D eigenvalue weighted by molar-refractivity contribution is 5.92. The van der Waals surface area contributed by atoms with Gasteiger partial charge in [-0.3, -0.25) is 4.79 Å². The van der Waals surface area contributed by atoms with Crippen molar-refractivity contribution in [1.29, 1.82) is 0 Å². The molecule has 0 radical (unpaired) electrons. The normalized spacial score (nSPS) is 11.7. The Morgan fingerprint density at radius 1 is 1.29 bits per heavy atom. The number of hydrogen-bond donors (Lipinski definition) is 1. The van der Waals surface area contributed by atoms with Crippen molar-refractivity contribution in [2.45, 2.75) is 12.8 Å². The first-order chi connectivity index (χ1) is 8.01. The Bertz CT molecular complexity index is 440. The molecule has 1 amide bonds. The Hall–Kier alpha value is -1.97. The first-order valence-electron chi connectivity index (χ1n) is 5.21. The number of primary amides is 1. The lowest BCUT2D eigenvalue weighted by molar-refractivity contribution is -0.114. The van der Waals surface area contributed by atoms with E-state index in [1.807, 2.05) is 19.1 Å². The average Bonchev–Trinajstić information content (AvgIpc) is 2.35. The lowest BCUT2D eigenvalue weighted by Gasteiger charge is -2.15. The molecule has 0 aliphatic heterocycles. The van der Waals surface area contributed by atoms with Gasteiger partial charge in [-0.15, -0.1) is 0 Å². The van der Waals surface area contributed by atoms with E-state index in [1.54, 1.807) is 20.3 Å². The van der Waals surface area contributed by atoms with Crippen molar-refractivity contribution in [3.8, 4) is 11.5 Å². The largest absolute Gasteiger partial charge is 0.493 e. The number of carbonyl (C=O) groups excluding carboxylic acids is 1. The summed E-state index contributed by atoms with van der Waals surface area (Å²) in [7, 11) is 3.14. The van der Waals surface area contributed by atoms with Gasteiger partial charge >= 0.3 is 0 Å². The maximum absolute atomic E-state index is 11.1. The van der Waals surface area contributed by atoms with Gasteiger partial charge in [-0.2, -0.15) is 0 Å². The van der Waals surface area contributed by atoms with Gasteiger partial charge in [0.05, 0.1) is 14.2 Å². The number of carbonyl (C=O) groups is 1. The van der Waals surface area contributed by atoms with Gasteiger partial charge in [0.1, 0.15) is 0 Å². The third-order valence-corrected chi connectivity index (χ3v) is 2.75. The van der Waals surface area contributed by atoms with Gasteiger partial charge in [-0.1, -0.05) is 19.6 Å². The maximum atomic E-state index is 11.1. The second-order valence-corrected chi connectivity index (χ2v) is 3.73. The first kappa shape index (κ1) is 13.1. The van der Waals surface area contributed by atoms with Crippen molar-refractivity contribution in [3.05, 3.63) is 35.9 Å². The Labute approximate surface area is 101 Å². The Morgan fingerprint density at radius 3 is 2.35 bits per heavy atom. The van der Waals surface area contributed by atoms with Crippen molar-refractivity contribution in [2.24, 2.45) is 5.73 Å². The van der Waals surface area contributed by atoms with Crippen LogP contribution in [0.25, 0.3) is 0 Å². The molecule has 1 rings (SSSR count). The fourth-order valence-electron chi connectivity index (χ4n) is 1.54. The summed E-state index contributed by atoms with van der Waals surface area (Å²) in [6, 6.07) is 5.47. The molecule has 0 aliphatic carbocycles. The monoisotopic (exact) mass is 235 g/mol. The molecular weight excluding hydrogens is 218 g/mol. The van der Waals surface area contributed by atoms with Gasteiger partial charge in [-0.05, 0) is 17.7 Å². The minimum Gasteiger partial charge on any atom is -0.493 e. The summed E-state index contributed by atoms with van der Waals surface area (Å²) >= 11 is 0. The van der Waals surface area contributed by atoms with E-state index in [0.29, 0.717) is 17.1 Å². The first-order valence-corrected chi connectivity index (χ1v) is 5.21. The van der Waals surface area contributed by atoms with Crippen LogP contribution in [0.5, 0.6) is 11.5 Å². The van der Waals surface area contributed by atoms with Gasteiger partial charge < -0.3 is 15.2 Å². The van der Waals surface area contributed by atoms with E-state index >= 15 is 0 Å².